The highest BCUT2D eigenvalue weighted by atomic mass is 79.9. The maximum absolute atomic E-state index is 12.9. The molecule has 3 rings (SSSR count). The average molecular weight is 542 g/mol. The Labute approximate surface area is 205 Å². The second-order valence-corrected chi connectivity index (χ2v) is 10.2. The van der Waals surface area contributed by atoms with Crippen molar-refractivity contribution in [3.8, 4) is 17.9 Å². The molecule has 3 aromatic rings. The number of unbranched alkanes of at least 4 members (excludes halogenated alkanes) is 1. The quantitative estimate of drug-likeness (QED) is 0.223. The topological polar surface area (TPSA) is 136 Å². The van der Waals surface area contributed by atoms with E-state index in [0.717, 1.165) is 4.47 Å². The van der Waals surface area contributed by atoms with E-state index in [1.54, 1.807) is 42.6 Å². The molecule has 0 bridgehead atoms. The number of nitriles is 2. The normalized spacial score (nSPS) is 11.8. The molecule has 0 aliphatic rings. The highest BCUT2D eigenvalue weighted by Crippen LogP contribution is 2.36. The highest BCUT2D eigenvalue weighted by molar-refractivity contribution is 9.10. The first-order valence-corrected chi connectivity index (χ1v) is 12.8. The minimum Gasteiger partial charge on any atom is -0.496 e. The van der Waals surface area contributed by atoms with Crippen LogP contribution in [0.2, 0.25) is 0 Å². The van der Waals surface area contributed by atoms with Gasteiger partial charge in [0.05, 0.1) is 35.9 Å². The van der Waals surface area contributed by atoms with E-state index >= 15 is 0 Å². The monoisotopic (exact) mass is 541 g/mol. The Bertz CT molecular complexity index is 1410. The van der Waals surface area contributed by atoms with Gasteiger partial charge >= 0.3 is 7.60 Å². The molecule has 0 aliphatic heterocycles. The Morgan fingerprint density at radius 1 is 1.21 bits per heavy atom. The molecule has 10 heteroatoms. The largest absolute Gasteiger partial charge is 0.496 e. The number of rotatable bonds is 8. The third-order valence-corrected chi connectivity index (χ3v) is 6.59. The van der Waals surface area contributed by atoms with E-state index in [0.29, 0.717) is 39.8 Å². The van der Waals surface area contributed by atoms with Gasteiger partial charge in [0, 0.05) is 39.8 Å². The second kappa shape index (κ2) is 10.8. The van der Waals surface area contributed by atoms with Crippen molar-refractivity contribution in [2.24, 2.45) is 0 Å². The summed E-state index contributed by atoms with van der Waals surface area (Å²) in [4.78, 5) is 30.9. The van der Waals surface area contributed by atoms with Crippen molar-refractivity contribution in [3.63, 3.8) is 0 Å². The molecule has 174 valence electrons. The van der Waals surface area contributed by atoms with Gasteiger partial charge in [-0.05, 0) is 55.3 Å². The zero-order valence-corrected chi connectivity index (χ0v) is 20.7. The van der Waals surface area contributed by atoms with Gasteiger partial charge < -0.3 is 14.5 Å². The zero-order chi connectivity index (χ0) is 24.9. The third-order valence-electron chi connectivity index (χ3n) is 5.19. The molecule has 0 amide bonds. The Morgan fingerprint density at radius 3 is 2.62 bits per heavy atom. The SMILES string of the molecule is COc1ccc(C#N)cc1/C=C(\C#N)c1cn(C(=O)CCCCP(=O)(O)O)c2ccc(Br)cc12. The van der Waals surface area contributed by atoms with Crippen LogP contribution < -0.4 is 4.74 Å². The Balaban J connectivity index is 2.04. The van der Waals surface area contributed by atoms with E-state index < -0.39 is 7.60 Å². The standard InChI is InChI=1S/C24H21BrN3O5P/c1-33-23-8-5-16(13-26)10-17(23)11-18(14-27)21-15-28(22-7-6-19(25)12-20(21)22)24(29)4-2-3-9-34(30,31)32/h5-8,10-12,15H,2-4,9H2,1H3,(H2,30,31,32)/b18-11+. The van der Waals surface area contributed by atoms with Crippen molar-refractivity contribution in [3.05, 3.63) is 63.8 Å². The number of halogens is 1. The lowest BCUT2D eigenvalue weighted by Crippen LogP contribution is -2.09. The molecule has 2 N–H and O–H groups in total. The molecule has 0 unspecified atom stereocenters. The summed E-state index contributed by atoms with van der Waals surface area (Å²) < 4.78 is 18.6. The van der Waals surface area contributed by atoms with Crippen molar-refractivity contribution in [2.75, 3.05) is 13.3 Å². The molecular weight excluding hydrogens is 521 g/mol. The predicted molar refractivity (Wildman–Crippen MR) is 132 cm³/mol. The van der Waals surface area contributed by atoms with E-state index in [-0.39, 0.29) is 30.5 Å². The number of hydrogen-bond acceptors (Lipinski definition) is 5. The summed E-state index contributed by atoms with van der Waals surface area (Å²) in [6.07, 6.45) is 3.60. The van der Waals surface area contributed by atoms with Crippen LogP contribution in [0.25, 0.3) is 22.6 Å². The van der Waals surface area contributed by atoms with Crippen LogP contribution in [0, 0.1) is 22.7 Å². The van der Waals surface area contributed by atoms with E-state index in [2.05, 4.69) is 28.1 Å². The van der Waals surface area contributed by atoms with Crippen molar-refractivity contribution < 1.29 is 23.9 Å². The van der Waals surface area contributed by atoms with Gasteiger partial charge in [0.2, 0.25) is 5.91 Å². The van der Waals surface area contributed by atoms with Crippen molar-refractivity contribution in [2.45, 2.75) is 19.3 Å². The molecule has 0 atom stereocenters. The number of benzene rings is 2. The van der Waals surface area contributed by atoms with Crippen LogP contribution in [-0.4, -0.2) is 33.5 Å². The molecule has 34 heavy (non-hydrogen) atoms. The summed E-state index contributed by atoms with van der Waals surface area (Å²) in [5.41, 5.74) is 2.39. The molecule has 0 aliphatic carbocycles. The fourth-order valence-corrected chi connectivity index (χ4v) is 4.58. The van der Waals surface area contributed by atoms with Crippen LogP contribution in [0.4, 0.5) is 0 Å². The van der Waals surface area contributed by atoms with Gasteiger partial charge in [-0.2, -0.15) is 10.5 Å². The molecular formula is C24H21BrN3O5P. The average Bonchev–Trinajstić information content (AvgIpc) is 3.17. The van der Waals surface area contributed by atoms with Gasteiger partial charge in [0.1, 0.15) is 5.75 Å². The molecule has 8 nitrogen and oxygen atoms in total. The molecule has 1 heterocycles. The summed E-state index contributed by atoms with van der Waals surface area (Å²) in [6.45, 7) is 0. The van der Waals surface area contributed by atoms with Crippen molar-refractivity contribution >= 4 is 52.0 Å². The van der Waals surface area contributed by atoms with Crippen molar-refractivity contribution in [1.29, 1.82) is 10.5 Å². The van der Waals surface area contributed by atoms with Crippen molar-refractivity contribution in [1.82, 2.24) is 4.57 Å². The first-order valence-electron chi connectivity index (χ1n) is 10.3. The van der Waals surface area contributed by atoms with Gasteiger partial charge in [-0.25, -0.2) is 0 Å². The van der Waals surface area contributed by atoms with Crippen LogP contribution in [0.15, 0.2) is 47.1 Å². The molecule has 0 saturated heterocycles. The highest BCUT2D eigenvalue weighted by Gasteiger charge is 2.18. The molecule has 0 fully saturated rings. The lowest BCUT2D eigenvalue weighted by Gasteiger charge is -2.06. The minimum atomic E-state index is -4.10. The smallest absolute Gasteiger partial charge is 0.325 e. The van der Waals surface area contributed by atoms with Gasteiger partial charge in [-0.3, -0.25) is 13.9 Å². The maximum atomic E-state index is 12.9. The van der Waals surface area contributed by atoms with Crippen LogP contribution in [0.5, 0.6) is 5.75 Å². The number of nitrogens with zero attached hydrogens (tertiary/aromatic N) is 3. The predicted octanol–water partition coefficient (Wildman–Crippen LogP) is 5.34. The van der Waals surface area contributed by atoms with Crippen LogP contribution in [0.1, 0.15) is 40.7 Å². The van der Waals surface area contributed by atoms with E-state index in [1.165, 1.54) is 11.7 Å². The first kappa shape index (κ1) is 25.4. The lowest BCUT2D eigenvalue weighted by molar-refractivity contribution is 0.0904. The molecule has 2 aromatic carbocycles. The number of carbonyl (C=O) groups is 1. The van der Waals surface area contributed by atoms with E-state index in [1.807, 2.05) is 6.07 Å². The molecule has 0 spiro atoms. The molecule has 1 aromatic heterocycles. The van der Waals surface area contributed by atoms with Gasteiger partial charge in [-0.15, -0.1) is 0 Å². The van der Waals surface area contributed by atoms with E-state index in [9.17, 15) is 19.9 Å². The lowest BCUT2D eigenvalue weighted by atomic mass is 10.0. The summed E-state index contributed by atoms with van der Waals surface area (Å²) in [5.74, 6) is 0.253. The van der Waals surface area contributed by atoms with Gasteiger partial charge in [-0.1, -0.05) is 15.9 Å². The third kappa shape index (κ3) is 6.02. The number of hydrogen-bond donors (Lipinski definition) is 2. The number of allylic oxidation sites excluding steroid dienone is 1. The van der Waals surface area contributed by atoms with Crippen LogP contribution in [-0.2, 0) is 4.57 Å². The number of ether oxygens (including phenoxy) is 1. The zero-order valence-electron chi connectivity index (χ0n) is 18.2. The Morgan fingerprint density at radius 2 is 1.97 bits per heavy atom. The number of carbonyl (C=O) groups excluding carboxylic acids is 1. The van der Waals surface area contributed by atoms with Gasteiger partial charge in [0.15, 0.2) is 0 Å². The first-order chi connectivity index (χ1) is 16.2. The molecule has 0 radical (unpaired) electrons. The number of aromatic nitrogens is 1. The fraction of sp³-hybridized carbons (Fsp3) is 0.208. The maximum Gasteiger partial charge on any atom is 0.325 e. The Kier molecular flexibility index (Phi) is 8.09. The van der Waals surface area contributed by atoms with E-state index in [4.69, 9.17) is 14.5 Å². The summed E-state index contributed by atoms with van der Waals surface area (Å²) in [6, 6.07) is 14.5. The number of methoxy groups -OCH3 is 1. The van der Waals surface area contributed by atoms with Crippen LogP contribution in [0.3, 0.4) is 0 Å². The Hall–Kier alpha value is -3.20. The number of fused-ring (bicyclic) bond motifs is 1. The fourth-order valence-electron chi connectivity index (χ4n) is 3.58. The summed E-state index contributed by atoms with van der Waals surface area (Å²) in [7, 11) is -2.60. The van der Waals surface area contributed by atoms with Crippen LogP contribution >= 0.6 is 23.5 Å². The minimum absolute atomic E-state index is 0.100. The second-order valence-electron chi connectivity index (χ2n) is 7.55. The van der Waals surface area contributed by atoms with Gasteiger partial charge in [0.25, 0.3) is 0 Å². The summed E-state index contributed by atoms with van der Waals surface area (Å²) in [5, 5.41) is 19.9. The summed E-state index contributed by atoms with van der Waals surface area (Å²) >= 11 is 3.44. The molecule has 0 saturated carbocycles.